The van der Waals surface area contributed by atoms with Crippen molar-refractivity contribution in [2.75, 3.05) is 20.3 Å². The maximum atomic E-state index is 5.97. The van der Waals surface area contributed by atoms with Gasteiger partial charge in [0.2, 0.25) is 0 Å². The topological polar surface area (TPSA) is 49.0 Å². The average molecular weight is 341 g/mol. The molecule has 0 saturated heterocycles. The smallest absolute Gasteiger partial charge is 0.161 e. The Hall–Kier alpha value is -2.40. The van der Waals surface area contributed by atoms with E-state index in [1.54, 1.807) is 7.11 Å². The highest BCUT2D eigenvalue weighted by Gasteiger charge is 2.23. The molecular weight excluding hydrogens is 318 g/mol. The molecule has 2 heterocycles. The average Bonchev–Trinajstić information content (AvgIpc) is 2.99. The summed E-state index contributed by atoms with van der Waals surface area (Å²) in [6, 6.07) is 11.9. The summed E-state index contributed by atoms with van der Waals surface area (Å²) < 4.78 is 23.1. The van der Waals surface area contributed by atoms with Gasteiger partial charge in [-0.25, -0.2) is 0 Å². The van der Waals surface area contributed by atoms with Crippen LogP contribution in [0.15, 0.2) is 36.4 Å². The van der Waals surface area contributed by atoms with Crippen LogP contribution in [0.4, 0.5) is 0 Å². The van der Waals surface area contributed by atoms with Crippen LogP contribution in [0.25, 0.3) is 0 Å². The third-order valence-corrected chi connectivity index (χ3v) is 4.55. The minimum atomic E-state index is -0.00778. The van der Waals surface area contributed by atoms with Crippen LogP contribution in [0, 0.1) is 0 Å². The Balaban J connectivity index is 1.37. The van der Waals surface area contributed by atoms with E-state index in [-0.39, 0.29) is 12.2 Å². The first kappa shape index (κ1) is 16.1. The highest BCUT2D eigenvalue weighted by Crippen LogP contribution is 2.35. The first-order valence-electron chi connectivity index (χ1n) is 8.68. The molecule has 2 aliphatic heterocycles. The molecule has 5 heteroatoms. The van der Waals surface area contributed by atoms with Gasteiger partial charge in [-0.15, -0.1) is 0 Å². The van der Waals surface area contributed by atoms with Crippen molar-refractivity contribution >= 4 is 0 Å². The first-order chi connectivity index (χ1) is 12.2. The van der Waals surface area contributed by atoms with Gasteiger partial charge in [0.05, 0.1) is 7.11 Å². The highest BCUT2D eigenvalue weighted by atomic mass is 16.6. The van der Waals surface area contributed by atoms with Crippen molar-refractivity contribution in [3.05, 3.63) is 47.5 Å². The summed E-state index contributed by atoms with van der Waals surface area (Å²) in [5.74, 6) is 3.48. The molecule has 0 aliphatic carbocycles. The van der Waals surface area contributed by atoms with Crippen LogP contribution in [0.2, 0.25) is 0 Å². The Labute approximate surface area is 147 Å². The molecule has 0 fully saturated rings. The first-order valence-corrected chi connectivity index (χ1v) is 8.68. The largest absolute Gasteiger partial charge is 0.496 e. The summed E-state index contributed by atoms with van der Waals surface area (Å²) in [5, 5.41) is 3.44. The number of methoxy groups -OCH3 is 1. The van der Waals surface area contributed by atoms with E-state index in [4.69, 9.17) is 18.9 Å². The van der Waals surface area contributed by atoms with E-state index in [1.807, 2.05) is 24.3 Å². The molecule has 0 aromatic heterocycles. The van der Waals surface area contributed by atoms with Gasteiger partial charge in [-0.2, -0.15) is 0 Å². The molecule has 2 unspecified atom stereocenters. The molecule has 0 saturated carbocycles. The molecule has 5 nitrogen and oxygen atoms in total. The van der Waals surface area contributed by atoms with Gasteiger partial charge in [-0.1, -0.05) is 12.1 Å². The van der Waals surface area contributed by atoms with Crippen LogP contribution in [0.5, 0.6) is 23.0 Å². The number of para-hydroxylation sites is 2. The molecular formula is C20H23NO4. The molecule has 2 aromatic carbocycles. The van der Waals surface area contributed by atoms with Crippen LogP contribution >= 0.6 is 0 Å². The molecule has 0 amide bonds. The Kier molecular flexibility index (Phi) is 4.40. The second kappa shape index (κ2) is 6.84. The predicted octanol–water partition coefficient (Wildman–Crippen LogP) is 2.95. The van der Waals surface area contributed by atoms with Crippen LogP contribution in [0.3, 0.4) is 0 Å². The van der Waals surface area contributed by atoms with Gasteiger partial charge in [-0.3, -0.25) is 0 Å². The van der Waals surface area contributed by atoms with Crippen LogP contribution in [0.1, 0.15) is 18.1 Å². The van der Waals surface area contributed by atoms with Crippen molar-refractivity contribution < 1.29 is 18.9 Å². The zero-order valence-electron chi connectivity index (χ0n) is 14.6. The lowest BCUT2D eigenvalue weighted by molar-refractivity contribution is 0.0902. The fraction of sp³-hybridized carbons (Fsp3) is 0.400. The van der Waals surface area contributed by atoms with Gasteiger partial charge in [0.15, 0.2) is 11.5 Å². The number of hydrogen-bond donors (Lipinski definition) is 1. The maximum Gasteiger partial charge on any atom is 0.161 e. The summed E-state index contributed by atoms with van der Waals surface area (Å²) in [6.07, 6.45) is 1.16. The monoisotopic (exact) mass is 341 g/mol. The van der Waals surface area contributed by atoms with E-state index in [0.29, 0.717) is 19.7 Å². The number of ether oxygens (including phenoxy) is 4. The van der Waals surface area contributed by atoms with Gasteiger partial charge in [0, 0.05) is 30.6 Å². The van der Waals surface area contributed by atoms with Gasteiger partial charge >= 0.3 is 0 Å². The van der Waals surface area contributed by atoms with Crippen LogP contribution in [-0.2, 0) is 13.0 Å². The molecule has 1 N–H and O–H groups in total. The summed E-state index contributed by atoms with van der Waals surface area (Å²) in [6.45, 7) is 4.02. The Bertz CT molecular complexity index is 761. The molecule has 132 valence electrons. The fourth-order valence-electron chi connectivity index (χ4n) is 3.34. The third-order valence-electron chi connectivity index (χ3n) is 4.55. The zero-order valence-corrected chi connectivity index (χ0v) is 14.6. The second-order valence-electron chi connectivity index (χ2n) is 6.53. The van der Waals surface area contributed by atoms with E-state index < -0.39 is 0 Å². The van der Waals surface area contributed by atoms with Gasteiger partial charge in [0.25, 0.3) is 0 Å². The van der Waals surface area contributed by atoms with Crippen LogP contribution < -0.4 is 24.3 Å². The van der Waals surface area contributed by atoms with Crippen molar-refractivity contribution in [2.45, 2.75) is 32.1 Å². The minimum Gasteiger partial charge on any atom is -0.496 e. The molecule has 0 spiro atoms. The summed E-state index contributed by atoms with van der Waals surface area (Å²) in [7, 11) is 1.71. The normalized spacial score (nSPS) is 20.7. The standard InChI is InChI=1S/C20H23NO4/c1-13-7-14-8-19(22-2)15(9-20(14)24-13)10-21-11-16-12-23-17-5-3-4-6-18(17)25-16/h3-6,8-9,13,16,21H,7,10-12H2,1-2H3. The van der Waals surface area contributed by atoms with Crippen molar-refractivity contribution in [3.8, 4) is 23.0 Å². The number of rotatable bonds is 5. The number of hydrogen-bond acceptors (Lipinski definition) is 5. The fourth-order valence-corrected chi connectivity index (χ4v) is 3.34. The number of benzene rings is 2. The molecule has 0 bridgehead atoms. The Morgan fingerprint density at radius 1 is 1.12 bits per heavy atom. The van der Waals surface area contributed by atoms with Gasteiger partial charge in [-0.05, 0) is 31.2 Å². The van der Waals surface area contributed by atoms with E-state index in [9.17, 15) is 0 Å². The molecule has 2 aromatic rings. The summed E-state index contributed by atoms with van der Waals surface area (Å²) >= 11 is 0. The molecule has 4 rings (SSSR count). The van der Waals surface area contributed by atoms with E-state index in [2.05, 4.69) is 24.4 Å². The SMILES string of the molecule is COc1cc2c(cc1CNCC1COc3ccccc3O1)OC(C)C2. The lowest BCUT2D eigenvalue weighted by Crippen LogP contribution is -2.38. The van der Waals surface area contributed by atoms with Crippen molar-refractivity contribution in [1.82, 2.24) is 5.32 Å². The number of fused-ring (bicyclic) bond motifs is 2. The van der Waals surface area contributed by atoms with Crippen molar-refractivity contribution in [2.24, 2.45) is 0 Å². The Morgan fingerprint density at radius 2 is 1.96 bits per heavy atom. The third kappa shape index (κ3) is 3.37. The maximum absolute atomic E-state index is 5.97. The summed E-state index contributed by atoms with van der Waals surface area (Å²) in [4.78, 5) is 0. The predicted molar refractivity (Wildman–Crippen MR) is 94.8 cm³/mol. The van der Waals surface area contributed by atoms with E-state index in [0.717, 1.165) is 35.0 Å². The van der Waals surface area contributed by atoms with Gasteiger partial charge in [0.1, 0.15) is 30.3 Å². The molecule has 2 atom stereocenters. The van der Waals surface area contributed by atoms with E-state index >= 15 is 0 Å². The zero-order chi connectivity index (χ0) is 17.2. The molecule has 0 radical (unpaired) electrons. The second-order valence-corrected chi connectivity index (χ2v) is 6.53. The minimum absolute atomic E-state index is 0.00778. The van der Waals surface area contributed by atoms with Crippen LogP contribution in [-0.4, -0.2) is 32.5 Å². The molecule has 2 aliphatic rings. The van der Waals surface area contributed by atoms with Gasteiger partial charge < -0.3 is 24.3 Å². The summed E-state index contributed by atoms with van der Waals surface area (Å²) in [5.41, 5.74) is 2.31. The molecule has 25 heavy (non-hydrogen) atoms. The number of nitrogens with one attached hydrogen (secondary N) is 1. The van der Waals surface area contributed by atoms with Crippen molar-refractivity contribution in [1.29, 1.82) is 0 Å². The van der Waals surface area contributed by atoms with E-state index in [1.165, 1.54) is 5.56 Å². The lowest BCUT2D eigenvalue weighted by atomic mass is 10.1. The lowest BCUT2D eigenvalue weighted by Gasteiger charge is -2.26. The van der Waals surface area contributed by atoms with Crippen molar-refractivity contribution in [3.63, 3.8) is 0 Å². The quantitative estimate of drug-likeness (QED) is 0.906. The highest BCUT2D eigenvalue weighted by molar-refractivity contribution is 5.48. The Morgan fingerprint density at radius 3 is 2.80 bits per heavy atom.